The van der Waals surface area contributed by atoms with Gasteiger partial charge in [-0.15, -0.1) is 16.4 Å². The van der Waals surface area contributed by atoms with Gasteiger partial charge in [-0.3, -0.25) is 9.59 Å². The minimum Gasteiger partial charge on any atom is -0.366 e. The molecule has 0 spiro atoms. The number of halogens is 3. The molecule has 4 rings (SSSR count). The van der Waals surface area contributed by atoms with E-state index in [1.165, 1.54) is 21.9 Å². The summed E-state index contributed by atoms with van der Waals surface area (Å²) in [6, 6.07) is 10.2. The van der Waals surface area contributed by atoms with Crippen LogP contribution >= 0.6 is 11.3 Å². The number of amides is 2. The van der Waals surface area contributed by atoms with Gasteiger partial charge >= 0.3 is 6.18 Å². The van der Waals surface area contributed by atoms with Crippen molar-refractivity contribution in [2.45, 2.75) is 32.1 Å². The number of anilines is 1. The molecule has 3 heterocycles. The highest BCUT2D eigenvalue weighted by Crippen LogP contribution is 2.29. The Balaban J connectivity index is 1.62. The number of fused-ring (bicyclic) bond motifs is 1. The first kappa shape index (κ1) is 24.2. The molecule has 12 heteroatoms. The Hall–Kier alpha value is -3.93. The molecule has 0 fully saturated rings. The van der Waals surface area contributed by atoms with Crippen molar-refractivity contribution in [3.63, 3.8) is 0 Å². The third-order valence-corrected chi connectivity index (χ3v) is 6.27. The maximum atomic E-state index is 13.0. The SMILES string of the molecule is CC(NC(=O)c1cc(-c2csc(C(=O)N[C@@H](C)c3ccccc3)c2)cn2nc(N)nc12)C(F)(F)F. The van der Waals surface area contributed by atoms with E-state index in [4.69, 9.17) is 5.73 Å². The average molecular weight is 503 g/mol. The average Bonchev–Trinajstić information content (AvgIpc) is 3.44. The summed E-state index contributed by atoms with van der Waals surface area (Å²) >= 11 is 1.20. The zero-order chi connectivity index (χ0) is 25.3. The number of carbonyl (C=O) groups is 2. The van der Waals surface area contributed by atoms with E-state index < -0.39 is 18.1 Å². The Kier molecular flexibility index (Phi) is 6.48. The molecule has 1 aromatic carbocycles. The van der Waals surface area contributed by atoms with Crippen LogP contribution in [0.5, 0.6) is 0 Å². The first-order chi connectivity index (χ1) is 16.5. The first-order valence-corrected chi connectivity index (χ1v) is 11.4. The second-order valence-corrected chi connectivity index (χ2v) is 8.83. The highest BCUT2D eigenvalue weighted by atomic mass is 32.1. The van der Waals surface area contributed by atoms with Crippen molar-refractivity contribution >= 4 is 34.7 Å². The van der Waals surface area contributed by atoms with Gasteiger partial charge in [0, 0.05) is 11.8 Å². The van der Waals surface area contributed by atoms with E-state index in [0.717, 1.165) is 12.5 Å². The van der Waals surface area contributed by atoms with Gasteiger partial charge in [-0.2, -0.15) is 18.2 Å². The molecule has 3 aromatic heterocycles. The van der Waals surface area contributed by atoms with Gasteiger partial charge in [0.15, 0.2) is 5.65 Å². The van der Waals surface area contributed by atoms with Crippen LogP contribution in [0.25, 0.3) is 16.8 Å². The highest BCUT2D eigenvalue weighted by Gasteiger charge is 2.37. The topological polar surface area (TPSA) is 114 Å². The molecular weight excluding hydrogens is 481 g/mol. The molecule has 0 aliphatic rings. The minimum atomic E-state index is -4.61. The van der Waals surface area contributed by atoms with Gasteiger partial charge in [0.25, 0.3) is 11.8 Å². The molecule has 0 saturated heterocycles. The largest absolute Gasteiger partial charge is 0.408 e. The summed E-state index contributed by atoms with van der Waals surface area (Å²) in [4.78, 5) is 29.8. The molecule has 8 nitrogen and oxygen atoms in total. The fourth-order valence-corrected chi connectivity index (χ4v) is 4.20. The standard InChI is InChI=1S/C23H21F3N6O2S/c1-12(14-6-4-3-5-7-14)28-21(34)18-9-16(11-35-18)15-8-17(19-30-22(27)31-32(19)10-15)20(33)29-13(2)23(24,25)26/h3-13H,1-2H3,(H2,27,31)(H,28,34)(H,29,33)/t12-,13?/m0/s1. The lowest BCUT2D eigenvalue weighted by Crippen LogP contribution is -2.43. The molecule has 0 aliphatic heterocycles. The van der Waals surface area contributed by atoms with Crippen molar-refractivity contribution in [1.82, 2.24) is 25.2 Å². The Morgan fingerprint density at radius 2 is 1.77 bits per heavy atom. The summed E-state index contributed by atoms with van der Waals surface area (Å²) in [5, 5.41) is 10.6. The van der Waals surface area contributed by atoms with Gasteiger partial charge in [0.1, 0.15) is 6.04 Å². The number of carbonyl (C=O) groups excluding carboxylic acids is 2. The Morgan fingerprint density at radius 3 is 2.46 bits per heavy atom. The number of thiophene rings is 1. The molecule has 2 amide bonds. The number of pyridine rings is 1. The summed E-state index contributed by atoms with van der Waals surface area (Å²) in [6.45, 7) is 2.72. The number of aromatic nitrogens is 3. The maximum absolute atomic E-state index is 13.0. The van der Waals surface area contributed by atoms with Crippen LogP contribution in [0.15, 0.2) is 54.0 Å². The lowest BCUT2D eigenvalue weighted by atomic mass is 10.1. The van der Waals surface area contributed by atoms with Gasteiger partial charge in [-0.1, -0.05) is 30.3 Å². The fraction of sp³-hybridized carbons (Fsp3) is 0.217. The highest BCUT2D eigenvalue weighted by molar-refractivity contribution is 7.12. The van der Waals surface area contributed by atoms with E-state index >= 15 is 0 Å². The molecule has 35 heavy (non-hydrogen) atoms. The summed E-state index contributed by atoms with van der Waals surface area (Å²) < 4.78 is 40.1. The van der Waals surface area contributed by atoms with Crippen LogP contribution in [0.3, 0.4) is 0 Å². The Morgan fingerprint density at radius 1 is 1.06 bits per heavy atom. The van der Waals surface area contributed by atoms with Gasteiger partial charge in [-0.25, -0.2) is 4.52 Å². The second kappa shape index (κ2) is 9.37. The van der Waals surface area contributed by atoms with E-state index in [-0.39, 0.29) is 29.1 Å². The Bertz CT molecular complexity index is 1380. The van der Waals surface area contributed by atoms with Crippen molar-refractivity contribution in [3.8, 4) is 11.1 Å². The number of nitrogens with zero attached hydrogens (tertiary/aromatic N) is 3. The molecule has 0 aliphatic carbocycles. The summed E-state index contributed by atoms with van der Waals surface area (Å²) in [7, 11) is 0. The van der Waals surface area contributed by atoms with E-state index in [1.54, 1.807) is 17.6 Å². The predicted octanol–water partition coefficient (Wildman–Crippen LogP) is 4.21. The molecular formula is C23H21F3N6O2S. The second-order valence-electron chi connectivity index (χ2n) is 7.92. The van der Waals surface area contributed by atoms with Gasteiger partial charge in [0.2, 0.25) is 5.95 Å². The number of rotatable bonds is 6. The smallest absolute Gasteiger partial charge is 0.366 e. The number of nitrogens with one attached hydrogen (secondary N) is 2. The lowest BCUT2D eigenvalue weighted by molar-refractivity contribution is -0.149. The van der Waals surface area contributed by atoms with Crippen molar-refractivity contribution in [1.29, 1.82) is 0 Å². The predicted molar refractivity (Wildman–Crippen MR) is 126 cm³/mol. The lowest BCUT2D eigenvalue weighted by Gasteiger charge is -2.17. The molecule has 4 N–H and O–H groups in total. The van der Waals surface area contributed by atoms with Crippen molar-refractivity contribution in [2.24, 2.45) is 0 Å². The van der Waals surface area contributed by atoms with Crippen molar-refractivity contribution in [2.75, 3.05) is 5.73 Å². The summed E-state index contributed by atoms with van der Waals surface area (Å²) in [5.74, 6) is -1.39. The first-order valence-electron chi connectivity index (χ1n) is 10.5. The van der Waals surface area contributed by atoms with E-state index in [0.29, 0.717) is 16.0 Å². The number of nitrogens with two attached hydrogens (primary N) is 1. The minimum absolute atomic E-state index is 0.0167. The third kappa shape index (κ3) is 5.27. The molecule has 0 saturated carbocycles. The number of hydrogen-bond donors (Lipinski definition) is 3. The summed E-state index contributed by atoms with van der Waals surface area (Å²) in [6.07, 6.45) is -3.07. The zero-order valence-electron chi connectivity index (χ0n) is 18.6. The van der Waals surface area contributed by atoms with Crippen LogP contribution in [0, 0.1) is 0 Å². The fourth-order valence-electron chi connectivity index (χ4n) is 3.38. The van der Waals surface area contributed by atoms with E-state index in [2.05, 4.69) is 15.4 Å². The number of benzene rings is 1. The normalized spacial score (nSPS) is 13.4. The molecule has 2 atom stereocenters. The quantitative estimate of drug-likeness (QED) is 0.365. The van der Waals surface area contributed by atoms with Gasteiger partial charge < -0.3 is 16.4 Å². The van der Waals surface area contributed by atoms with Crippen molar-refractivity contribution < 1.29 is 22.8 Å². The number of alkyl halides is 3. The van der Waals surface area contributed by atoms with Crippen LogP contribution in [0.2, 0.25) is 0 Å². The van der Waals surface area contributed by atoms with Crippen molar-refractivity contribution in [3.05, 3.63) is 70.0 Å². The van der Waals surface area contributed by atoms with E-state index in [1.807, 2.05) is 42.6 Å². The molecule has 182 valence electrons. The van der Waals surface area contributed by atoms with Gasteiger partial charge in [0.05, 0.1) is 16.5 Å². The molecule has 0 bridgehead atoms. The van der Waals surface area contributed by atoms with Crippen LogP contribution in [0.4, 0.5) is 19.1 Å². The Labute approximate surface area is 202 Å². The number of hydrogen-bond acceptors (Lipinski definition) is 6. The molecule has 4 aromatic rings. The molecule has 1 unspecified atom stereocenters. The number of nitrogen functional groups attached to an aromatic ring is 1. The summed E-state index contributed by atoms with van der Waals surface area (Å²) in [5.41, 5.74) is 7.54. The van der Waals surface area contributed by atoms with Crippen LogP contribution in [0.1, 0.15) is 45.5 Å². The maximum Gasteiger partial charge on any atom is 0.408 e. The monoisotopic (exact) mass is 502 g/mol. The van der Waals surface area contributed by atoms with E-state index in [9.17, 15) is 22.8 Å². The van der Waals surface area contributed by atoms with Gasteiger partial charge in [-0.05, 0) is 42.5 Å². The third-order valence-electron chi connectivity index (χ3n) is 5.34. The zero-order valence-corrected chi connectivity index (χ0v) is 19.4. The van der Waals surface area contributed by atoms with Crippen LogP contribution in [-0.2, 0) is 0 Å². The van der Waals surface area contributed by atoms with Crippen LogP contribution in [-0.4, -0.2) is 38.6 Å². The van der Waals surface area contributed by atoms with Crippen LogP contribution < -0.4 is 16.4 Å². The molecule has 0 radical (unpaired) electrons.